The molecular formula is C43H71NO7. The number of aliphatic carboxylic acids is 1. The normalized spacial score (nSPS) is 13.8. The largest absolute Gasteiger partial charge is 0.544 e. The molecule has 0 aliphatic rings. The van der Waals surface area contributed by atoms with Crippen LogP contribution in [0.15, 0.2) is 72.9 Å². The third-order valence-electron chi connectivity index (χ3n) is 8.08. The van der Waals surface area contributed by atoms with Gasteiger partial charge in [-0.05, 0) is 70.6 Å². The predicted octanol–water partition coefficient (Wildman–Crippen LogP) is 8.68. The van der Waals surface area contributed by atoms with Crippen molar-refractivity contribution in [3.63, 3.8) is 0 Å². The summed E-state index contributed by atoms with van der Waals surface area (Å²) in [5.74, 6) is -1.84. The van der Waals surface area contributed by atoms with E-state index in [2.05, 4.69) is 86.8 Å². The number of ether oxygens (including phenoxy) is 3. The van der Waals surface area contributed by atoms with E-state index >= 15 is 0 Å². The van der Waals surface area contributed by atoms with E-state index in [0.717, 1.165) is 77.0 Å². The molecule has 0 fully saturated rings. The van der Waals surface area contributed by atoms with Gasteiger partial charge in [0.2, 0.25) is 0 Å². The highest BCUT2D eigenvalue weighted by Crippen LogP contribution is 2.11. The van der Waals surface area contributed by atoms with Crippen molar-refractivity contribution in [1.29, 1.82) is 0 Å². The summed E-state index contributed by atoms with van der Waals surface area (Å²) in [7, 11) is 5.36. The van der Waals surface area contributed by atoms with E-state index < -0.39 is 18.1 Å². The second kappa shape index (κ2) is 33.9. The Bertz CT molecular complexity index is 1060. The molecule has 290 valence electrons. The number of carbonyl (C=O) groups is 3. The lowest BCUT2D eigenvalue weighted by atomic mass is 10.1. The van der Waals surface area contributed by atoms with Gasteiger partial charge in [0.1, 0.15) is 12.6 Å². The smallest absolute Gasteiger partial charge is 0.306 e. The Morgan fingerprint density at radius 3 is 1.69 bits per heavy atom. The molecule has 2 atom stereocenters. The number of carbonyl (C=O) groups excluding carboxylic acids is 3. The summed E-state index contributed by atoms with van der Waals surface area (Å²) < 4.78 is 17.0. The molecule has 8 nitrogen and oxygen atoms in total. The van der Waals surface area contributed by atoms with Crippen LogP contribution in [0.4, 0.5) is 0 Å². The molecule has 0 aromatic heterocycles. The molecule has 0 heterocycles. The van der Waals surface area contributed by atoms with Gasteiger partial charge >= 0.3 is 11.9 Å². The first-order valence-corrected chi connectivity index (χ1v) is 19.5. The van der Waals surface area contributed by atoms with Crippen LogP contribution in [0.2, 0.25) is 0 Å². The zero-order valence-corrected chi connectivity index (χ0v) is 32.7. The molecule has 0 saturated carbocycles. The lowest BCUT2D eigenvalue weighted by molar-refractivity contribution is -0.889. The molecule has 0 aromatic carbocycles. The fourth-order valence-electron chi connectivity index (χ4n) is 5.03. The van der Waals surface area contributed by atoms with Crippen molar-refractivity contribution in [2.24, 2.45) is 0 Å². The fraction of sp³-hybridized carbons (Fsp3) is 0.651. The van der Waals surface area contributed by atoms with Crippen molar-refractivity contribution in [3.05, 3.63) is 72.9 Å². The average molecular weight is 714 g/mol. The first-order chi connectivity index (χ1) is 24.6. The third-order valence-corrected chi connectivity index (χ3v) is 8.08. The molecule has 0 spiro atoms. The minimum absolute atomic E-state index is 0.0104. The number of unbranched alkanes of at least 4 members (excludes halogenated alkanes) is 7. The van der Waals surface area contributed by atoms with Crippen LogP contribution in [0.25, 0.3) is 0 Å². The highest BCUT2D eigenvalue weighted by atomic mass is 16.6. The molecule has 0 amide bonds. The standard InChI is InChI=1S/C43H71NO7/c1-6-8-10-12-14-16-18-19-20-21-22-23-24-26-28-30-32-34-42(46)51-39(37-49-36-35-40(43(47)48)44(3,4)5)38-50-41(45)33-31-29-27-25-17-15-13-11-9-7-2/h8,10,13-16,19-20,22-23,26,28,39-40H,6-7,9,11-12,17-18,21,24-25,27,29-38H2,1-5H3/b10-8+,15-13+,16-14+,20-19+,23-22+,28-26+. The Hall–Kier alpha value is -3.23. The number of quaternary nitrogens is 1. The first-order valence-electron chi connectivity index (χ1n) is 19.5. The molecule has 0 N–H and O–H groups in total. The quantitative estimate of drug-likeness (QED) is 0.0290. The molecule has 2 unspecified atom stereocenters. The van der Waals surface area contributed by atoms with Gasteiger partial charge in [0.25, 0.3) is 0 Å². The summed E-state index contributed by atoms with van der Waals surface area (Å²) in [6, 6.07) is -0.739. The maximum atomic E-state index is 12.6. The van der Waals surface area contributed by atoms with Crippen LogP contribution in [0, 0.1) is 0 Å². The summed E-state index contributed by atoms with van der Waals surface area (Å²) >= 11 is 0. The zero-order valence-electron chi connectivity index (χ0n) is 32.7. The third kappa shape index (κ3) is 32.4. The Kier molecular flexibility index (Phi) is 31.7. The zero-order chi connectivity index (χ0) is 37.8. The summed E-state index contributed by atoms with van der Waals surface area (Å²) in [4.78, 5) is 36.6. The second-order valence-electron chi connectivity index (χ2n) is 13.8. The summed E-state index contributed by atoms with van der Waals surface area (Å²) in [6.45, 7) is 4.39. The molecule has 0 aliphatic heterocycles. The predicted molar refractivity (Wildman–Crippen MR) is 208 cm³/mol. The van der Waals surface area contributed by atoms with Gasteiger partial charge in [-0.15, -0.1) is 0 Å². The number of allylic oxidation sites excluding steroid dienone is 12. The molecule has 0 bridgehead atoms. The van der Waals surface area contributed by atoms with Gasteiger partial charge in [-0.2, -0.15) is 0 Å². The van der Waals surface area contributed by atoms with Gasteiger partial charge in [0.15, 0.2) is 6.10 Å². The number of hydrogen-bond donors (Lipinski definition) is 0. The van der Waals surface area contributed by atoms with Gasteiger partial charge in [0, 0.05) is 19.3 Å². The Labute approximate surface area is 311 Å². The van der Waals surface area contributed by atoms with Crippen LogP contribution in [0.5, 0.6) is 0 Å². The van der Waals surface area contributed by atoms with Gasteiger partial charge in [-0.25, -0.2) is 0 Å². The number of hydrogen-bond acceptors (Lipinski definition) is 7. The first kappa shape index (κ1) is 47.8. The minimum Gasteiger partial charge on any atom is -0.544 e. The van der Waals surface area contributed by atoms with Crippen LogP contribution < -0.4 is 5.11 Å². The Morgan fingerprint density at radius 2 is 1.12 bits per heavy atom. The number of likely N-dealkylation sites (N-methyl/N-ethyl adjacent to an activating group) is 1. The van der Waals surface area contributed by atoms with Crippen LogP contribution in [-0.4, -0.2) is 75.5 Å². The van der Waals surface area contributed by atoms with E-state index in [9.17, 15) is 19.5 Å². The molecule has 0 saturated heterocycles. The van der Waals surface area contributed by atoms with Crippen molar-refractivity contribution in [3.8, 4) is 0 Å². The number of carboxylic acids is 1. The molecule has 51 heavy (non-hydrogen) atoms. The molecule has 0 rings (SSSR count). The number of nitrogens with zero attached hydrogens (tertiary/aromatic N) is 1. The van der Waals surface area contributed by atoms with Gasteiger partial charge in [0.05, 0.1) is 40.3 Å². The van der Waals surface area contributed by atoms with Crippen molar-refractivity contribution in [2.45, 2.75) is 142 Å². The number of esters is 2. The maximum Gasteiger partial charge on any atom is 0.306 e. The highest BCUT2D eigenvalue weighted by molar-refractivity contribution is 5.70. The highest BCUT2D eigenvalue weighted by Gasteiger charge is 2.25. The molecule has 8 heteroatoms. The Morgan fingerprint density at radius 1 is 0.608 bits per heavy atom. The van der Waals surface area contributed by atoms with Crippen molar-refractivity contribution in [1.82, 2.24) is 0 Å². The average Bonchev–Trinajstić information content (AvgIpc) is 3.08. The van der Waals surface area contributed by atoms with E-state index in [4.69, 9.17) is 14.2 Å². The van der Waals surface area contributed by atoms with Gasteiger partial charge in [-0.3, -0.25) is 9.59 Å². The second-order valence-corrected chi connectivity index (χ2v) is 13.8. The fourth-order valence-corrected chi connectivity index (χ4v) is 5.03. The molecule has 0 aromatic rings. The van der Waals surface area contributed by atoms with Crippen LogP contribution >= 0.6 is 0 Å². The monoisotopic (exact) mass is 714 g/mol. The van der Waals surface area contributed by atoms with E-state index in [1.54, 1.807) is 21.1 Å². The topological polar surface area (TPSA) is 102 Å². The lowest BCUT2D eigenvalue weighted by Gasteiger charge is -2.34. The maximum absolute atomic E-state index is 12.6. The van der Waals surface area contributed by atoms with E-state index in [-0.39, 0.29) is 49.1 Å². The summed E-state index contributed by atoms with van der Waals surface area (Å²) in [6.07, 6.45) is 40.8. The van der Waals surface area contributed by atoms with Gasteiger partial charge in [-0.1, -0.05) is 112 Å². The molecular weight excluding hydrogens is 642 g/mol. The van der Waals surface area contributed by atoms with Crippen molar-refractivity contribution >= 4 is 17.9 Å². The summed E-state index contributed by atoms with van der Waals surface area (Å²) in [5.41, 5.74) is 0. The number of carboxylic acid groups (broad SMARTS) is 1. The SMILES string of the molecule is CC/C=C/C/C=C/C/C=C/C/C=C/C/C=C/CCCC(=O)OC(COCCC(C(=O)[O-])[N+](C)(C)C)COC(=O)CCCCCC/C=C/CCCC. The Balaban J connectivity index is 4.55. The van der Waals surface area contributed by atoms with Crippen LogP contribution in [-0.2, 0) is 28.6 Å². The van der Waals surface area contributed by atoms with E-state index in [1.165, 1.54) is 12.8 Å². The molecule has 0 aliphatic carbocycles. The number of rotatable bonds is 33. The van der Waals surface area contributed by atoms with Crippen molar-refractivity contribution < 1.29 is 38.2 Å². The van der Waals surface area contributed by atoms with Crippen molar-refractivity contribution in [2.75, 3.05) is 41.0 Å². The van der Waals surface area contributed by atoms with E-state index in [0.29, 0.717) is 12.8 Å². The van der Waals surface area contributed by atoms with Gasteiger partial charge < -0.3 is 28.6 Å². The van der Waals surface area contributed by atoms with Crippen LogP contribution in [0.3, 0.4) is 0 Å². The van der Waals surface area contributed by atoms with E-state index in [1.807, 2.05) is 0 Å². The minimum atomic E-state index is -1.14. The lowest BCUT2D eigenvalue weighted by Crippen LogP contribution is -2.55. The summed E-state index contributed by atoms with van der Waals surface area (Å²) in [5, 5.41) is 11.6. The molecule has 0 radical (unpaired) electrons. The van der Waals surface area contributed by atoms with Crippen LogP contribution in [0.1, 0.15) is 129 Å².